The van der Waals surface area contributed by atoms with Gasteiger partial charge >= 0.3 is 5.97 Å². The number of para-hydroxylation sites is 1. The van der Waals surface area contributed by atoms with E-state index in [9.17, 15) is 9.59 Å². The zero-order valence-corrected chi connectivity index (χ0v) is 17.3. The summed E-state index contributed by atoms with van der Waals surface area (Å²) in [6, 6.07) is 15.3. The van der Waals surface area contributed by atoms with Crippen molar-refractivity contribution >= 4 is 11.9 Å². The fraction of sp³-hybridized carbons (Fsp3) is 0.318. The number of aromatic nitrogens is 4. The van der Waals surface area contributed by atoms with Crippen molar-refractivity contribution in [2.45, 2.75) is 13.5 Å². The minimum atomic E-state index is -0.586. The van der Waals surface area contributed by atoms with Gasteiger partial charge in [0.2, 0.25) is 0 Å². The minimum Gasteiger partial charge on any atom is -0.452 e. The third kappa shape index (κ3) is 5.13. The van der Waals surface area contributed by atoms with Crippen LogP contribution >= 0.6 is 0 Å². The number of tetrazole rings is 1. The molecule has 0 spiro atoms. The van der Waals surface area contributed by atoms with Gasteiger partial charge in [-0.3, -0.25) is 9.69 Å². The molecular formula is C22H24N6O3. The van der Waals surface area contributed by atoms with Crippen LogP contribution in [0.15, 0.2) is 54.9 Å². The molecule has 9 nitrogen and oxygen atoms in total. The molecule has 1 aliphatic heterocycles. The first-order chi connectivity index (χ1) is 15.1. The van der Waals surface area contributed by atoms with Crippen LogP contribution in [0, 0.1) is 6.92 Å². The highest BCUT2D eigenvalue weighted by atomic mass is 16.5. The number of ether oxygens (including phenoxy) is 1. The number of benzene rings is 2. The van der Waals surface area contributed by atoms with Crippen molar-refractivity contribution < 1.29 is 14.3 Å². The Balaban J connectivity index is 1.28. The van der Waals surface area contributed by atoms with Crippen LogP contribution in [-0.2, 0) is 16.1 Å². The number of amides is 1. The third-order valence-electron chi connectivity index (χ3n) is 5.26. The molecule has 0 atom stereocenters. The molecule has 1 aromatic heterocycles. The number of rotatable bonds is 6. The maximum atomic E-state index is 12.5. The van der Waals surface area contributed by atoms with Gasteiger partial charge in [-0.1, -0.05) is 42.0 Å². The Morgan fingerprint density at radius 3 is 2.58 bits per heavy atom. The van der Waals surface area contributed by atoms with E-state index in [0.29, 0.717) is 24.3 Å². The van der Waals surface area contributed by atoms with E-state index in [1.807, 2.05) is 0 Å². The molecule has 2 aromatic carbocycles. The Morgan fingerprint density at radius 1 is 1.03 bits per heavy atom. The Kier molecular flexibility index (Phi) is 6.32. The lowest BCUT2D eigenvalue weighted by atomic mass is 10.1. The normalized spacial score (nSPS) is 14.4. The number of aryl methyl sites for hydroxylation is 1. The van der Waals surface area contributed by atoms with Gasteiger partial charge in [0.25, 0.3) is 5.91 Å². The molecule has 3 aromatic rings. The first-order valence-electron chi connectivity index (χ1n) is 10.2. The molecule has 0 unspecified atom stereocenters. The molecule has 31 heavy (non-hydrogen) atoms. The number of carbonyl (C=O) groups excluding carboxylic acids is 2. The van der Waals surface area contributed by atoms with E-state index in [1.54, 1.807) is 29.2 Å². The average Bonchev–Trinajstić information content (AvgIpc) is 3.33. The SMILES string of the molecule is Cc1cccc(CN2CCN(C(=O)COC(=O)c3ccccc3-n3cnnn3)CC2)c1. The van der Waals surface area contributed by atoms with Gasteiger partial charge in [-0.2, -0.15) is 4.68 Å². The largest absolute Gasteiger partial charge is 0.452 e. The molecule has 4 rings (SSSR count). The van der Waals surface area contributed by atoms with Crippen LogP contribution in [0.2, 0.25) is 0 Å². The van der Waals surface area contributed by atoms with E-state index < -0.39 is 5.97 Å². The highest BCUT2D eigenvalue weighted by Gasteiger charge is 2.23. The molecule has 0 radical (unpaired) electrons. The van der Waals surface area contributed by atoms with Gasteiger partial charge in [0.05, 0.1) is 11.3 Å². The minimum absolute atomic E-state index is 0.191. The molecule has 2 heterocycles. The van der Waals surface area contributed by atoms with Crippen LogP contribution in [-0.4, -0.2) is 74.7 Å². The predicted octanol–water partition coefficient (Wildman–Crippen LogP) is 1.47. The molecule has 160 valence electrons. The Bertz CT molecular complexity index is 1040. The van der Waals surface area contributed by atoms with E-state index in [4.69, 9.17) is 4.74 Å². The summed E-state index contributed by atoms with van der Waals surface area (Å²) in [7, 11) is 0. The lowest BCUT2D eigenvalue weighted by Crippen LogP contribution is -2.49. The van der Waals surface area contributed by atoms with Gasteiger partial charge in [-0.15, -0.1) is 5.10 Å². The molecule has 0 bridgehead atoms. The lowest BCUT2D eigenvalue weighted by molar-refractivity contribution is -0.136. The number of hydrogen-bond acceptors (Lipinski definition) is 7. The summed E-state index contributed by atoms with van der Waals surface area (Å²) in [4.78, 5) is 29.2. The summed E-state index contributed by atoms with van der Waals surface area (Å²) in [5.41, 5.74) is 3.31. The number of esters is 1. The zero-order valence-electron chi connectivity index (χ0n) is 17.3. The standard InChI is InChI=1S/C22H24N6O3/c1-17-5-4-6-18(13-17)14-26-9-11-27(12-10-26)21(29)15-31-22(30)19-7-2-3-8-20(19)28-16-23-24-25-28/h2-8,13,16H,9-12,14-15H2,1H3. The van der Waals surface area contributed by atoms with Gasteiger partial charge in [0.15, 0.2) is 6.61 Å². The second-order valence-corrected chi connectivity index (χ2v) is 7.49. The molecule has 1 amide bonds. The quantitative estimate of drug-likeness (QED) is 0.558. The fourth-order valence-corrected chi connectivity index (χ4v) is 3.64. The fourth-order valence-electron chi connectivity index (χ4n) is 3.64. The second kappa shape index (κ2) is 9.48. The van der Waals surface area contributed by atoms with Gasteiger partial charge in [0, 0.05) is 32.7 Å². The average molecular weight is 420 g/mol. The smallest absolute Gasteiger partial charge is 0.340 e. The molecule has 1 saturated heterocycles. The van der Waals surface area contributed by atoms with Crippen LogP contribution in [0.5, 0.6) is 0 Å². The van der Waals surface area contributed by atoms with Crippen molar-refractivity contribution in [3.05, 3.63) is 71.5 Å². The zero-order chi connectivity index (χ0) is 21.6. The van der Waals surface area contributed by atoms with E-state index in [2.05, 4.69) is 51.6 Å². The summed E-state index contributed by atoms with van der Waals surface area (Å²) >= 11 is 0. The summed E-state index contributed by atoms with van der Waals surface area (Å²) in [6.07, 6.45) is 1.40. The van der Waals surface area contributed by atoms with E-state index >= 15 is 0 Å². The molecule has 0 N–H and O–H groups in total. The number of piperazine rings is 1. The number of carbonyl (C=O) groups is 2. The van der Waals surface area contributed by atoms with Crippen LogP contribution < -0.4 is 0 Å². The van der Waals surface area contributed by atoms with Crippen LogP contribution in [0.1, 0.15) is 21.5 Å². The summed E-state index contributed by atoms with van der Waals surface area (Å²) in [5.74, 6) is -0.777. The van der Waals surface area contributed by atoms with Crippen molar-refractivity contribution in [1.29, 1.82) is 0 Å². The second-order valence-electron chi connectivity index (χ2n) is 7.49. The van der Waals surface area contributed by atoms with Gasteiger partial charge in [0.1, 0.15) is 6.33 Å². The van der Waals surface area contributed by atoms with Gasteiger partial charge < -0.3 is 9.64 Å². The van der Waals surface area contributed by atoms with Crippen molar-refractivity contribution in [3.8, 4) is 5.69 Å². The molecule has 0 saturated carbocycles. The third-order valence-corrected chi connectivity index (χ3v) is 5.26. The Hall–Kier alpha value is -3.59. The highest BCUT2D eigenvalue weighted by Crippen LogP contribution is 2.14. The maximum absolute atomic E-state index is 12.5. The van der Waals surface area contributed by atoms with Crippen LogP contribution in [0.3, 0.4) is 0 Å². The van der Waals surface area contributed by atoms with Crippen LogP contribution in [0.4, 0.5) is 0 Å². The predicted molar refractivity (Wildman–Crippen MR) is 112 cm³/mol. The van der Waals surface area contributed by atoms with Crippen molar-refractivity contribution in [1.82, 2.24) is 30.0 Å². The monoisotopic (exact) mass is 420 g/mol. The molecular weight excluding hydrogens is 396 g/mol. The first kappa shape index (κ1) is 20.7. The molecule has 9 heteroatoms. The van der Waals surface area contributed by atoms with Crippen molar-refractivity contribution in [2.24, 2.45) is 0 Å². The van der Waals surface area contributed by atoms with Crippen molar-refractivity contribution in [3.63, 3.8) is 0 Å². The summed E-state index contributed by atoms with van der Waals surface area (Å²) in [6.45, 7) is 5.47. The Morgan fingerprint density at radius 2 is 1.84 bits per heavy atom. The highest BCUT2D eigenvalue weighted by molar-refractivity contribution is 5.94. The maximum Gasteiger partial charge on any atom is 0.340 e. The van der Waals surface area contributed by atoms with Gasteiger partial charge in [-0.25, -0.2) is 4.79 Å². The van der Waals surface area contributed by atoms with Gasteiger partial charge in [-0.05, 0) is 35.0 Å². The molecule has 0 aliphatic carbocycles. The molecule has 1 aliphatic rings. The Labute approximate surface area is 180 Å². The number of hydrogen-bond donors (Lipinski definition) is 0. The van der Waals surface area contributed by atoms with E-state index in [-0.39, 0.29) is 12.5 Å². The van der Waals surface area contributed by atoms with E-state index in [1.165, 1.54) is 22.1 Å². The van der Waals surface area contributed by atoms with Crippen molar-refractivity contribution in [2.75, 3.05) is 32.8 Å². The van der Waals surface area contributed by atoms with E-state index in [0.717, 1.165) is 19.6 Å². The summed E-state index contributed by atoms with van der Waals surface area (Å²) in [5, 5.41) is 11.0. The van der Waals surface area contributed by atoms with Crippen LogP contribution in [0.25, 0.3) is 5.69 Å². The topological polar surface area (TPSA) is 93.5 Å². The number of nitrogens with zero attached hydrogens (tertiary/aromatic N) is 6. The first-order valence-corrected chi connectivity index (χ1v) is 10.2. The molecule has 1 fully saturated rings. The lowest BCUT2D eigenvalue weighted by Gasteiger charge is -2.34. The summed E-state index contributed by atoms with van der Waals surface area (Å²) < 4.78 is 6.67.